The van der Waals surface area contributed by atoms with Gasteiger partial charge in [-0.25, -0.2) is 0 Å². The monoisotopic (exact) mass is 355 g/mol. The van der Waals surface area contributed by atoms with E-state index in [1.807, 2.05) is 18.2 Å². The molecule has 0 aliphatic carbocycles. The van der Waals surface area contributed by atoms with E-state index in [-0.39, 0.29) is 11.6 Å². The Bertz CT molecular complexity index is 787. The van der Waals surface area contributed by atoms with Gasteiger partial charge in [-0.3, -0.25) is 0 Å². The van der Waals surface area contributed by atoms with Gasteiger partial charge in [0.1, 0.15) is 0 Å². The lowest BCUT2D eigenvalue weighted by atomic mass is 9.84. The first-order chi connectivity index (χ1) is 12.6. The van der Waals surface area contributed by atoms with Crippen LogP contribution in [0.5, 0.6) is 0 Å². The summed E-state index contributed by atoms with van der Waals surface area (Å²) in [6, 6.07) is 6.65. The Morgan fingerprint density at radius 3 is 2.65 bits per heavy atom. The van der Waals surface area contributed by atoms with Crippen LogP contribution in [0, 0.1) is 5.41 Å². The van der Waals surface area contributed by atoms with Crippen molar-refractivity contribution >= 4 is 17.9 Å². The summed E-state index contributed by atoms with van der Waals surface area (Å²) in [5.41, 5.74) is 2.73. The molecule has 2 N–H and O–H groups in total. The van der Waals surface area contributed by atoms with Crippen LogP contribution in [0.2, 0.25) is 0 Å². The van der Waals surface area contributed by atoms with Crippen molar-refractivity contribution in [2.75, 3.05) is 29.9 Å². The Morgan fingerprint density at radius 1 is 1.27 bits per heavy atom. The van der Waals surface area contributed by atoms with Gasteiger partial charge in [0, 0.05) is 42.2 Å². The minimum atomic E-state index is 0.110. The summed E-state index contributed by atoms with van der Waals surface area (Å²) in [5.74, 6) is 0.573. The lowest BCUT2D eigenvalue weighted by molar-refractivity contribution is -0.158. The van der Waals surface area contributed by atoms with E-state index in [0.717, 1.165) is 49.4 Å². The van der Waals surface area contributed by atoms with Gasteiger partial charge < -0.3 is 24.9 Å². The Morgan fingerprint density at radius 2 is 2.04 bits per heavy atom. The second-order valence-electron chi connectivity index (χ2n) is 7.41. The first-order valence-electron chi connectivity index (χ1n) is 9.23. The van der Waals surface area contributed by atoms with Crippen LogP contribution in [0.1, 0.15) is 38.7 Å². The highest BCUT2D eigenvalue weighted by Gasteiger charge is 2.41. The molecule has 2 aromatic rings. The highest BCUT2D eigenvalue weighted by Crippen LogP contribution is 2.37. The predicted octanol–water partition coefficient (Wildman–Crippen LogP) is 3.31. The van der Waals surface area contributed by atoms with Gasteiger partial charge in [-0.1, -0.05) is 17.3 Å². The Kier molecular flexibility index (Phi) is 4.40. The number of piperidine rings is 1. The van der Waals surface area contributed by atoms with Crippen LogP contribution in [0.3, 0.4) is 0 Å². The molecule has 4 rings (SSSR count). The van der Waals surface area contributed by atoms with Crippen LogP contribution >= 0.6 is 0 Å². The molecule has 2 saturated heterocycles. The molecule has 0 atom stereocenters. The van der Waals surface area contributed by atoms with Gasteiger partial charge in [-0.15, -0.1) is 0 Å². The molecule has 7 heteroatoms. The smallest absolute Gasteiger partial charge is 0.324 e. The Balaban J connectivity index is 1.51. The van der Waals surface area contributed by atoms with Crippen LogP contribution < -0.4 is 10.2 Å². The third-order valence-electron chi connectivity index (χ3n) is 5.24. The van der Waals surface area contributed by atoms with E-state index in [1.54, 1.807) is 0 Å². The number of anilines is 2. The molecule has 0 saturated carbocycles. The molecule has 2 aliphatic heterocycles. The van der Waals surface area contributed by atoms with Crippen LogP contribution in [-0.2, 0) is 4.74 Å². The zero-order valence-corrected chi connectivity index (χ0v) is 15.3. The number of hydrogen-bond donors (Lipinski definition) is 2. The number of benzene rings is 1. The standard InChI is InChI=1S/C19H25N5O2/c1-13(2)21-16-11-14(3-4-15(16)12-20)17-22-18(26-23-17)24-8-5-19(6-9-24)7-10-25-19/h3-4,11-13,20-21H,5-10H2,1-2H3. The molecule has 2 fully saturated rings. The highest BCUT2D eigenvalue weighted by molar-refractivity contribution is 5.87. The third-order valence-corrected chi connectivity index (χ3v) is 5.24. The number of aromatic nitrogens is 2. The van der Waals surface area contributed by atoms with Gasteiger partial charge in [-0.05, 0) is 39.2 Å². The van der Waals surface area contributed by atoms with Crippen molar-refractivity contribution in [1.29, 1.82) is 5.41 Å². The number of rotatable bonds is 5. The van der Waals surface area contributed by atoms with E-state index in [9.17, 15) is 0 Å². The Labute approximate surface area is 153 Å². The van der Waals surface area contributed by atoms with Gasteiger partial charge >= 0.3 is 6.01 Å². The summed E-state index contributed by atoms with van der Waals surface area (Å²) in [4.78, 5) is 6.74. The van der Waals surface area contributed by atoms with Gasteiger partial charge in [0.2, 0.25) is 5.82 Å². The van der Waals surface area contributed by atoms with Crippen LogP contribution in [0.15, 0.2) is 22.7 Å². The van der Waals surface area contributed by atoms with E-state index >= 15 is 0 Å². The minimum absolute atomic E-state index is 0.110. The topological polar surface area (TPSA) is 87.3 Å². The molecule has 1 aromatic carbocycles. The van der Waals surface area contributed by atoms with Gasteiger partial charge in [0.05, 0.1) is 12.2 Å². The maximum atomic E-state index is 7.56. The van der Waals surface area contributed by atoms with E-state index in [2.05, 4.69) is 34.2 Å². The molecule has 2 aliphatic rings. The second kappa shape index (κ2) is 6.72. The van der Waals surface area contributed by atoms with Gasteiger partial charge in [0.15, 0.2) is 0 Å². The summed E-state index contributed by atoms with van der Waals surface area (Å²) >= 11 is 0. The van der Waals surface area contributed by atoms with Crippen molar-refractivity contribution in [2.45, 2.75) is 44.8 Å². The molecule has 1 aromatic heterocycles. The van der Waals surface area contributed by atoms with Crippen molar-refractivity contribution in [3.63, 3.8) is 0 Å². The number of nitrogens with zero attached hydrogens (tertiary/aromatic N) is 3. The zero-order chi connectivity index (χ0) is 18.1. The van der Waals surface area contributed by atoms with Crippen molar-refractivity contribution in [3.8, 4) is 11.4 Å². The second-order valence-corrected chi connectivity index (χ2v) is 7.41. The molecule has 138 valence electrons. The summed E-state index contributed by atoms with van der Waals surface area (Å²) in [5, 5.41) is 15.1. The van der Waals surface area contributed by atoms with Crippen molar-refractivity contribution < 1.29 is 9.26 Å². The van der Waals surface area contributed by atoms with Crippen molar-refractivity contribution in [3.05, 3.63) is 23.8 Å². The average Bonchev–Trinajstić information content (AvgIpc) is 3.10. The summed E-state index contributed by atoms with van der Waals surface area (Å²) in [6.07, 6.45) is 4.55. The number of ether oxygens (including phenoxy) is 1. The van der Waals surface area contributed by atoms with E-state index in [1.165, 1.54) is 12.6 Å². The quantitative estimate of drug-likeness (QED) is 0.800. The summed E-state index contributed by atoms with van der Waals surface area (Å²) in [7, 11) is 0. The molecule has 1 spiro atoms. The largest absolute Gasteiger partial charge is 0.382 e. The fraction of sp³-hybridized carbons (Fsp3) is 0.526. The fourth-order valence-electron chi connectivity index (χ4n) is 3.61. The maximum absolute atomic E-state index is 7.56. The minimum Gasteiger partial charge on any atom is -0.382 e. The normalized spacial score (nSPS) is 18.8. The number of nitrogens with one attached hydrogen (secondary N) is 2. The summed E-state index contributed by atoms with van der Waals surface area (Å²) < 4.78 is 11.3. The van der Waals surface area contributed by atoms with Crippen LogP contribution in [0.25, 0.3) is 11.4 Å². The molecular formula is C19H25N5O2. The molecule has 3 heterocycles. The summed E-state index contributed by atoms with van der Waals surface area (Å²) in [6.45, 7) is 6.80. The zero-order valence-electron chi connectivity index (χ0n) is 15.3. The van der Waals surface area contributed by atoms with E-state index in [0.29, 0.717) is 11.8 Å². The fourth-order valence-corrected chi connectivity index (χ4v) is 3.61. The molecule has 26 heavy (non-hydrogen) atoms. The molecular weight excluding hydrogens is 330 g/mol. The van der Waals surface area contributed by atoms with E-state index in [4.69, 9.17) is 14.7 Å². The SMILES string of the molecule is CC(C)Nc1cc(-c2noc(N3CCC4(CCO4)CC3)n2)ccc1C=N. The lowest BCUT2D eigenvalue weighted by Crippen LogP contribution is -2.52. The van der Waals surface area contributed by atoms with Gasteiger partial charge in [-0.2, -0.15) is 4.98 Å². The average molecular weight is 355 g/mol. The Hall–Kier alpha value is -2.41. The van der Waals surface area contributed by atoms with Crippen LogP contribution in [-0.4, -0.2) is 47.7 Å². The van der Waals surface area contributed by atoms with Crippen LogP contribution in [0.4, 0.5) is 11.7 Å². The lowest BCUT2D eigenvalue weighted by Gasteiger charge is -2.47. The molecule has 0 unspecified atom stereocenters. The number of hydrogen-bond acceptors (Lipinski definition) is 7. The molecule has 0 amide bonds. The molecule has 0 radical (unpaired) electrons. The predicted molar refractivity (Wildman–Crippen MR) is 101 cm³/mol. The molecule has 0 bridgehead atoms. The van der Waals surface area contributed by atoms with E-state index < -0.39 is 0 Å². The first-order valence-corrected chi connectivity index (χ1v) is 9.23. The van der Waals surface area contributed by atoms with Gasteiger partial charge in [0.25, 0.3) is 0 Å². The molecule has 7 nitrogen and oxygen atoms in total. The first kappa shape index (κ1) is 17.0. The highest BCUT2D eigenvalue weighted by atomic mass is 16.5. The van der Waals surface area contributed by atoms with Crippen molar-refractivity contribution in [2.24, 2.45) is 0 Å². The van der Waals surface area contributed by atoms with Crippen molar-refractivity contribution in [1.82, 2.24) is 10.1 Å². The maximum Gasteiger partial charge on any atom is 0.324 e. The third kappa shape index (κ3) is 3.19.